The molecular formula is C16H30O7S. The fraction of sp³-hybridized carbons (Fsp3) is 0.938. The molecule has 0 aliphatic carbocycles. The summed E-state index contributed by atoms with van der Waals surface area (Å²) in [5, 5.41) is 19.0. The highest BCUT2D eigenvalue weighted by molar-refractivity contribution is 7.82. The van der Waals surface area contributed by atoms with E-state index in [9.17, 15) is 23.4 Å². The summed E-state index contributed by atoms with van der Waals surface area (Å²) >= 11 is 0. The van der Waals surface area contributed by atoms with Crippen molar-refractivity contribution < 1.29 is 31.8 Å². The predicted molar refractivity (Wildman–Crippen MR) is 88.1 cm³/mol. The minimum atomic E-state index is -4.28. The molecule has 0 bridgehead atoms. The molecule has 1 heterocycles. The second kappa shape index (κ2) is 10.5. The van der Waals surface area contributed by atoms with E-state index in [0.29, 0.717) is 6.42 Å². The molecule has 142 valence electrons. The van der Waals surface area contributed by atoms with E-state index in [0.717, 1.165) is 19.3 Å². The Hall–Kier alpha value is -0.540. The number of rotatable bonds is 14. The number of hydrogen-bond acceptors (Lipinski definition) is 7. The summed E-state index contributed by atoms with van der Waals surface area (Å²) in [7, 11) is -4.28. The normalized spacial score (nSPS) is 19.6. The van der Waals surface area contributed by atoms with Crippen molar-refractivity contribution in [2.75, 3.05) is 0 Å². The number of carbonyl (C=O) groups excluding carboxylic acids is 1. The van der Waals surface area contributed by atoms with Crippen molar-refractivity contribution in [1.82, 2.24) is 0 Å². The first-order valence-electron chi connectivity index (χ1n) is 8.90. The Morgan fingerprint density at radius 2 is 1.33 bits per heavy atom. The van der Waals surface area contributed by atoms with Gasteiger partial charge in [0.1, 0.15) is 0 Å². The lowest BCUT2D eigenvalue weighted by atomic mass is 10.0. The molecule has 0 spiro atoms. The zero-order chi connectivity index (χ0) is 18.1. The van der Waals surface area contributed by atoms with Crippen molar-refractivity contribution in [1.29, 1.82) is 0 Å². The van der Waals surface area contributed by atoms with Gasteiger partial charge in [0.25, 0.3) is 0 Å². The highest BCUT2D eigenvalue weighted by atomic mass is 32.3. The third-order valence-electron chi connectivity index (χ3n) is 4.12. The first-order chi connectivity index (χ1) is 11.3. The first kappa shape index (κ1) is 21.5. The molecule has 0 saturated carbocycles. The van der Waals surface area contributed by atoms with Gasteiger partial charge in [0.05, 0.1) is 0 Å². The van der Waals surface area contributed by atoms with Crippen LogP contribution in [-0.4, -0.2) is 36.5 Å². The predicted octanol–water partition coefficient (Wildman–Crippen LogP) is 2.56. The second-order valence-electron chi connectivity index (χ2n) is 6.36. The summed E-state index contributed by atoms with van der Waals surface area (Å²) in [5.41, 5.74) is 0. The van der Waals surface area contributed by atoms with E-state index in [1.807, 2.05) is 0 Å². The molecule has 2 N–H and O–H groups in total. The molecule has 1 atom stereocenters. The maximum absolute atomic E-state index is 11.7. The van der Waals surface area contributed by atoms with Crippen LogP contribution in [0.1, 0.15) is 84.0 Å². The van der Waals surface area contributed by atoms with Crippen molar-refractivity contribution in [2.24, 2.45) is 0 Å². The van der Waals surface area contributed by atoms with Crippen LogP contribution < -0.4 is 0 Å². The molecule has 0 amide bonds. The lowest BCUT2D eigenvalue weighted by Crippen LogP contribution is -2.60. The van der Waals surface area contributed by atoms with Gasteiger partial charge in [0, 0.05) is 6.42 Å². The van der Waals surface area contributed by atoms with Gasteiger partial charge in [-0.25, -0.2) is 0 Å². The molecule has 1 aliphatic rings. The van der Waals surface area contributed by atoms with Gasteiger partial charge >= 0.3 is 16.4 Å². The zero-order valence-electron chi connectivity index (χ0n) is 14.4. The van der Waals surface area contributed by atoms with Gasteiger partial charge in [-0.05, 0) is 6.42 Å². The number of carbonyl (C=O) groups is 1. The smallest absolute Gasteiger partial charge is 0.378 e. The molecular weight excluding hydrogens is 336 g/mol. The molecule has 1 aliphatic heterocycles. The Kier molecular flexibility index (Phi) is 9.36. The number of Topliss-reactive ketones (excluding diaryl/α,β-unsaturated/α-hetero) is 1. The summed E-state index contributed by atoms with van der Waals surface area (Å²) in [6.07, 6.45) is 10.6. The summed E-state index contributed by atoms with van der Waals surface area (Å²) in [4.78, 5) is 11.7. The summed E-state index contributed by atoms with van der Waals surface area (Å²) in [6.45, 7) is 2.21. The highest BCUT2D eigenvalue weighted by Crippen LogP contribution is 2.32. The van der Waals surface area contributed by atoms with E-state index in [2.05, 4.69) is 15.3 Å². The number of unbranched alkanes of at least 4 members (excludes halogenated alkanes) is 10. The minimum absolute atomic E-state index is 0.0489. The van der Waals surface area contributed by atoms with Crippen LogP contribution in [0, 0.1) is 0 Å². The van der Waals surface area contributed by atoms with Crippen molar-refractivity contribution in [3.8, 4) is 0 Å². The number of aliphatic hydroxyl groups is 2. The van der Waals surface area contributed by atoms with Crippen LogP contribution in [0.15, 0.2) is 0 Å². The zero-order valence-corrected chi connectivity index (χ0v) is 15.2. The topological polar surface area (TPSA) is 110 Å². The highest BCUT2D eigenvalue weighted by Gasteiger charge is 2.58. The van der Waals surface area contributed by atoms with Crippen LogP contribution >= 0.6 is 0 Å². The maximum atomic E-state index is 11.7. The first-order valence-corrected chi connectivity index (χ1v) is 10.2. The van der Waals surface area contributed by atoms with Crippen LogP contribution in [0.3, 0.4) is 0 Å². The summed E-state index contributed by atoms with van der Waals surface area (Å²) < 4.78 is 29.4. The van der Waals surface area contributed by atoms with Crippen LogP contribution in [0.5, 0.6) is 0 Å². The third kappa shape index (κ3) is 7.57. The molecule has 7 nitrogen and oxygen atoms in total. The molecule has 1 unspecified atom stereocenters. The van der Waals surface area contributed by atoms with Crippen molar-refractivity contribution in [2.45, 2.75) is 96.1 Å². The summed E-state index contributed by atoms with van der Waals surface area (Å²) in [5.74, 6) is -3.45. The molecule has 1 fully saturated rings. The molecule has 1 saturated heterocycles. The lowest BCUT2D eigenvalue weighted by molar-refractivity contribution is -0.357. The Morgan fingerprint density at radius 1 is 0.917 bits per heavy atom. The Labute approximate surface area is 144 Å². The Balaban J connectivity index is 1.98. The maximum Gasteiger partial charge on any atom is 0.409 e. The van der Waals surface area contributed by atoms with Gasteiger partial charge in [0.2, 0.25) is 0 Å². The molecule has 1 rings (SSSR count). The quantitative estimate of drug-likeness (QED) is 0.455. The average molecular weight is 366 g/mol. The molecule has 24 heavy (non-hydrogen) atoms. The van der Waals surface area contributed by atoms with E-state index >= 15 is 0 Å². The average Bonchev–Trinajstić information content (AvgIpc) is 2.49. The fourth-order valence-corrected chi connectivity index (χ4v) is 3.47. The number of aliphatic hydroxyl groups excluding tert-OH is 1. The molecule has 0 aromatic carbocycles. The largest absolute Gasteiger partial charge is 0.409 e. The van der Waals surface area contributed by atoms with Gasteiger partial charge in [-0.1, -0.05) is 71.1 Å². The lowest BCUT2D eigenvalue weighted by Gasteiger charge is -2.36. The number of hydrogen-bond donors (Lipinski definition) is 2. The summed E-state index contributed by atoms with van der Waals surface area (Å²) in [6, 6.07) is 0. The fourth-order valence-electron chi connectivity index (χ4n) is 2.69. The van der Waals surface area contributed by atoms with Gasteiger partial charge in [-0.3, -0.25) is 4.79 Å². The Bertz CT molecular complexity index is 463. The Morgan fingerprint density at radius 3 is 1.75 bits per heavy atom. The van der Waals surface area contributed by atoms with Crippen LogP contribution in [0.2, 0.25) is 0 Å². The van der Waals surface area contributed by atoms with Crippen molar-refractivity contribution >= 4 is 16.2 Å². The molecule has 0 radical (unpaired) electrons. The SMILES string of the molecule is CCCCCCCCCCCCCC(=O)C(O)C1(O)OS(=O)(=O)O1. The van der Waals surface area contributed by atoms with Gasteiger partial charge in [-0.2, -0.15) is 16.8 Å². The molecule has 0 aromatic heterocycles. The van der Waals surface area contributed by atoms with Gasteiger partial charge in [0.15, 0.2) is 11.9 Å². The van der Waals surface area contributed by atoms with E-state index in [-0.39, 0.29) is 6.42 Å². The van der Waals surface area contributed by atoms with E-state index in [4.69, 9.17) is 0 Å². The number of ketones is 1. The monoisotopic (exact) mass is 366 g/mol. The molecule has 0 aromatic rings. The standard InChI is InChI=1S/C16H30O7S/c1-2-3-4-5-6-7-8-9-10-11-12-13-14(17)15(18)16(19)22-24(20,21)23-16/h15,18-19H,2-13H2,1H3. The van der Waals surface area contributed by atoms with Gasteiger partial charge < -0.3 is 10.2 Å². The molecule has 8 heteroatoms. The van der Waals surface area contributed by atoms with Crippen molar-refractivity contribution in [3.63, 3.8) is 0 Å². The van der Waals surface area contributed by atoms with Crippen molar-refractivity contribution in [3.05, 3.63) is 0 Å². The minimum Gasteiger partial charge on any atom is -0.378 e. The second-order valence-corrected chi connectivity index (χ2v) is 7.51. The van der Waals surface area contributed by atoms with E-state index < -0.39 is 28.3 Å². The van der Waals surface area contributed by atoms with E-state index in [1.54, 1.807) is 0 Å². The third-order valence-corrected chi connectivity index (χ3v) is 5.01. The van der Waals surface area contributed by atoms with Crippen LogP contribution in [0.4, 0.5) is 0 Å². The van der Waals surface area contributed by atoms with Gasteiger partial charge in [-0.15, -0.1) is 0 Å². The van der Waals surface area contributed by atoms with E-state index in [1.165, 1.54) is 44.9 Å². The van der Waals surface area contributed by atoms with Crippen LogP contribution in [0.25, 0.3) is 0 Å². The van der Waals surface area contributed by atoms with Crippen LogP contribution in [-0.2, 0) is 23.6 Å².